The van der Waals surface area contributed by atoms with Crippen LogP contribution in [-0.4, -0.2) is 15.8 Å². The van der Waals surface area contributed by atoms with Gasteiger partial charge in [0.2, 0.25) is 0 Å². The Morgan fingerprint density at radius 2 is 1.76 bits per heavy atom. The van der Waals surface area contributed by atoms with Gasteiger partial charge in [-0.1, -0.05) is 38.1 Å². The fourth-order valence-corrected chi connectivity index (χ4v) is 3.35. The van der Waals surface area contributed by atoms with E-state index in [-0.39, 0.29) is 17.6 Å². The maximum atomic E-state index is 12.8. The van der Waals surface area contributed by atoms with E-state index in [0.717, 1.165) is 17.8 Å². The van der Waals surface area contributed by atoms with Crippen LogP contribution in [0, 0.1) is 31.1 Å². The molecular formula is C21H23N3O. The van der Waals surface area contributed by atoms with Gasteiger partial charge < -0.3 is 0 Å². The molecule has 1 aliphatic rings. The van der Waals surface area contributed by atoms with E-state index in [9.17, 15) is 10.1 Å². The fourth-order valence-electron chi connectivity index (χ4n) is 3.35. The maximum absolute atomic E-state index is 12.8. The van der Waals surface area contributed by atoms with Crippen molar-refractivity contribution >= 4 is 5.78 Å². The normalized spacial score (nSPS) is 20.2. The number of nitriles is 1. The van der Waals surface area contributed by atoms with Gasteiger partial charge in [-0.3, -0.25) is 4.79 Å². The predicted octanol–water partition coefficient (Wildman–Crippen LogP) is 4.20. The molecule has 0 N–H and O–H groups in total. The van der Waals surface area contributed by atoms with Gasteiger partial charge in [0.15, 0.2) is 17.5 Å². The molecule has 4 nitrogen and oxygen atoms in total. The second kappa shape index (κ2) is 6.76. The monoisotopic (exact) mass is 333 g/mol. The van der Waals surface area contributed by atoms with Crippen LogP contribution < -0.4 is 0 Å². The summed E-state index contributed by atoms with van der Waals surface area (Å²) in [5.41, 5.74) is 4.05. The molecule has 3 rings (SSSR count). The summed E-state index contributed by atoms with van der Waals surface area (Å²) in [5.74, 6) is 0.0320. The molecule has 3 atom stereocenters. The van der Waals surface area contributed by atoms with E-state index < -0.39 is 5.92 Å². The lowest BCUT2D eigenvalue weighted by atomic mass is 9.96. The Balaban J connectivity index is 1.76. The predicted molar refractivity (Wildman–Crippen MR) is 96.2 cm³/mol. The van der Waals surface area contributed by atoms with E-state index in [1.807, 2.05) is 19.9 Å². The van der Waals surface area contributed by atoms with Crippen LogP contribution in [-0.2, 0) is 4.79 Å². The number of ketones is 1. The van der Waals surface area contributed by atoms with Gasteiger partial charge in [-0.05, 0) is 49.3 Å². The number of carbonyl (C=O) groups is 1. The lowest BCUT2D eigenvalue weighted by Gasteiger charge is -2.09. The number of nitrogens with zero attached hydrogens (tertiary/aromatic N) is 3. The van der Waals surface area contributed by atoms with E-state index in [4.69, 9.17) is 0 Å². The lowest BCUT2D eigenvalue weighted by molar-refractivity contribution is -0.120. The van der Waals surface area contributed by atoms with Gasteiger partial charge in [0, 0.05) is 17.3 Å². The third-order valence-electron chi connectivity index (χ3n) is 4.86. The number of aryl methyl sites for hydroxylation is 2. The third kappa shape index (κ3) is 3.61. The maximum Gasteiger partial charge on any atom is 0.164 e. The Hall–Kier alpha value is -2.54. The molecule has 25 heavy (non-hydrogen) atoms. The van der Waals surface area contributed by atoms with Crippen molar-refractivity contribution in [2.24, 2.45) is 5.92 Å². The SMILES string of the molecule is Cc1cc(C)nc([C@H](C#N)C(=O)[C@@H]2C[C@@H]2c2ccc(C(C)C)cc2)n1. The minimum absolute atomic E-state index is 0.0505. The van der Waals surface area contributed by atoms with Gasteiger partial charge in [-0.15, -0.1) is 0 Å². The first-order valence-corrected chi connectivity index (χ1v) is 8.76. The van der Waals surface area contributed by atoms with Crippen LogP contribution in [0.1, 0.15) is 66.4 Å². The standard InChI is InChI=1S/C21H23N3O/c1-12(2)15-5-7-16(8-6-15)17-10-18(17)20(25)19(11-22)21-23-13(3)9-14(4)24-21/h5-9,12,17-19H,10H2,1-4H3/t17-,18-,19-/m1/s1. The molecule has 1 aromatic heterocycles. The van der Waals surface area contributed by atoms with Crippen molar-refractivity contribution < 1.29 is 4.79 Å². The molecule has 0 spiro atoms. The number of hydrogen-bond donors (Lipinski definition) is 0. The van der Waals surface area contributed by atoms with Crippen molar-refractivity contribution in [3.63, 3.8) is 0 Å². The molecule has 1 heterocycles. The minimum atomic E-state index is -0.872. The average Bonchev–Trinajstić information content (AvgIpc) is 3.35. The number of rotatable bonds is 5. The molecule has 0 unspecified atom stereocenters. The zero-order valence-electron chi connectivity index (χ0n) is 15.2. The summed E-state index contributed by atoms with van der Waals surface area (Å²) in [7, 11) is 0. The second-order valence-corrected chi connectivity index (χ2v) is 7.24. The Bertz CT molecular complexity index is 813. The summed E-state index contributed by atoms with van der Waals surface area (Å²) in [4.78, 5) is 21.4. The van der Waals surface area contributed by atoms with Crippen LogP contribution in [0.15, 0.2) is 30.3 Å². The number of benzene rings is 1. The van der Waals surface area contributed by atoms with E-state index in [1.54, 1.807) is 0 Å². The summed E-state index contributed by atoms with van der Waals surface area (Å²) in [6.07, 6.45) is 0.808. The van der Waals surface area contributed by atoms with Crippen molar-refractivity contribution in [2.45, 2.75) is 51.9 Å². The van der Waals surface area contributed by atoms with Crippen molar-refractivity contribution in [3.8, 4) is 6.07 Å². The van der Waals surface area contributed by atoms with Gasteiger partial charge in [0.1, 0.15) is 0 Å². The van der Waals surface area contributed by atoms with Crippen LogP contribution in [0.3, 0.4) is 0 Å². The molecule has 1 fully saturated rings. The molecule has 0 radical (unpaired) electrons. The quantitative estimate of drug-likeness (QED) is 0.822. The molecule has 0 amide bonds. The smallest absolute Gasteiger partial charge is 0.164 e. The highest BCUT2D eigenvalue weighted by Gasteiger charge is 2.47. The second-order valence-electron chi connectivity index (χ2n) is 7.24. The number of aromatic nitrogens is 2. The van der Waals surface area contributed by atoms with Crippen LogP contribution >= 0.6 is 0 Å². The Morgan fingerprint density at radius 1 is 1.16 bits per heavy atom. The van der Waals surface area contributed by atoms with Crippen molar-refractivity contribution in [1.82, 2.24) is 9.97 Å². The highest BCUT2D eigenvalue weighted by molar-refractivity contribution is 5.92. The van der Waals surface area contributed by atoms with Crippen LogP contribution in [0.4, 0.5) is 0 Å². The van der Waals surface area contributed by atoms with E-state index in [0.29, 0.717) is 11.7 Å². The minimum Gasteiger partial charge on any atom is -0.297 e. The van der Waals surface area contributed by atoms with Crippen molar-refractivity contribution in [1.29, 1.82) is 5.26 Å². The fraction of sp³-hybridized carbons (Fsp3) is 0.429. The Labute approximate surface area is 148 Å². The van der Waals surface area contributed by atoms with Crippen molar-refractivity contribution in [2.75, 3.05) is 0 Å². The Morgan fingerprint density at radius 3 is 2.28 bits per heavy atom. The lowest BCUT2D eigenvalue weighted by Crippen LogP contribution is -2.17. The van der Waals surface area contributed by atoms with Crippen LogP contribution in [0.5, 0.6) is 0 Å². The molecule has 1 saturated carbocycles. The first-order chi connectivity index (χ1) is 11.9. The van der Waals surface area contributed by atoms with E-state index in [2.05, 4.69) is 54.2 Å². The summed E-state index contributed by atoms with van der Waals surface area (Å²) in [6.45, 7) is 8.04. The zero-order valence-corrected chi connectivity index (χ0v) is 15.2. The molecule has 2 aromatic rings. The first-order valence-electron chi connectivity index (χ1n) is 8.76. The zero-order chi connectivity index (χ0) is 18.1. The highest BCUT2D eigenvalue weighted by Crippen LogP contribution is 2.50. The summed E-state index contributed by atoms with van der Waals surface area (Å²) in [6, 6.07) is 12.5. The largest absolute Gasteiger partial charge is 0.297 e. The average molecular weight is 333 g/mol. The van der Waals surface area contributed by atoms with Crippen molar-refractivity contribution in [3.05, 3.63) is 58.7 Å². The molecule has 0 bridgehead atoms. The summed E-state index contributed by atoms with van der Waals surface area (Å²) < 4.78 is 0. The van der Waals surface area contributed by atoms with E-state index >= 15 is 0 Å². The van der Waals surface area contributed by atoms with Crippen LogP contribution in [0.2, 0.25) is 0 Å². The first kappa shape index (κ1) is 17.3. The van der Waals surface area contributed by atoms with Gasteiger partial charge in [-0.25, -0.2) is 9.97 Å². The highest BCUT2D eigenvalue weighted by atomic mass is 16.1. The summed E-state index contributed by atoms with van der Waals surface area (Å²) in [5, 5.41) is 9.51. The molecule has 4 heteroatoms. The van der Waals surface area contributed by atoms with Gasteiger partial charge in [0.25, 0.3) is 0 Å². The van der Waals surface area contributed by atoms with Gasteiger partial charge >= 0.3 is 0 Å². The van der Waals surface area contributed by atoms with Gasteiger partial charge in [0.05, 0.1) is 6.07 Å². The summed E-state index contributed by atoms with van der Waals surface area (Å²) >= 11 is 0. The topological polar surface area (TPSA) is 66.6 Å². The van der Waals surface area contributed by atoms with E-state index in [1.165, 1.54) is 11.1 Å². The third-order valence-corrected chi connectivity index (χ3v) is 4.86. The number of hydrogen-bond acceptors (Lipinski definition) is 4. The molecule has 0 saturated heterocycles. The molecule has 128 valence electrons. The van der Waals surface area contributed by atoms with Crippen LogP contribution in [0.25, 0.3) is 0 Å². The molecular weight excluding hydrogens is 310 g/mol. The number of Topliss-reactive ketones (excluding diaryl/α,β-unsaturated/α-hetero) is 1. The molecule has 1 aliphatic carbocycles. The van der Waals surface area contributed by atoms with Gasteiger partial charge in [-0.2, -0.15) is 5.26 Å². The molecule has 1 aromatic carbocycles. The Kier molecular flexibility index (Phi) is 4.67. The number of carbonyl (C=O) groups excluding carboxylic acids is 1. The molecule has 0 aliphatic heterocycles.